The number of carbonyl (C=O) groups excluding carboxylic acids is 1. The summed E-state index contributed by atoms with van der Waals surface area (Å²) < 4.78 is 9.84. The lowest BCUT2D eigenvalue weighted by Gasteiger charge is -2.05. The lowest BCUT2D eigenvalue weighted by atomic mass is 10.2. The van der Waals surface area contributed by atoms with Gasteiger partial charge in [-0.15, -0.1) is 0 Å². The Morgan fingerprint density at radius 1 is 1.26 bits per heavy atom. The quantitative estimate of drug-likeness (QED) is 0.481. The van der Waals surface area contributed by atoms with Gasteiger partial charge in [0.05, 0.1) is 19.9 Å². The first-order valence-electron chi connectivity index (χ1n) is 6.97. The molecule has 6 heteroatoms. The third-order valence-electron chi connectivity index (χ3n) is 2.94. The van der Waals surface area contributed by atoms with Crippen molar-refractivity contribution in [3.63, 3.8) is 0 Å². The number of hydrazone groups is 1. The van der Waals surface area contributed by atoms with Gasteiger partial charge in [0.2, 0.25) is 0 Å². The van der Waals surface area contributed by atoms with Crippen LogP contribution in [-0.2, 0) is 16.1 Å². The summed E-state index contributed by atoms with van der Waals surface area (Å²) in [7, 11) is 1.32. The molecule has 0 aliphatic carbocycles. The van der Waals surface area contributed by atoms with Crippen molar-refractivity contribution < 1.29 is 14.3 Å². The first-order chi connectivity index (χ1) is 11.2. The van der Waals surface area contributed by atoms with Gasteiger partial charge in [-0.1, -0.05) is 35.9 Å². The van der Waals surface area contributed by atoms with E-state index in [-0.39, 0.29) is 6.61 Å². The standard InChI is InChI=1S/C17H17ClN2O3/c1-22-17(21)12-23-16-4-2-3-14(9-16)11-20-19-10-13-5-7-15(18)8-6-13/h2-9,11,19H,10,12H2,1H3/b20-11-. The Morgan fingerprint density at radius 3 is 2.78 bits per heavy atom. The average molecular weight is 333 g/mol. The van der Waals surface area contributed by atoms with Crippen LogP contribution in [-0.4, -0.2) is 25.9 Å². The van der Waals surface area contributed by atoms with Gasteiger partial charge < -0.3 is 14.9 Å². The van der Waals surface area contributed by atoms with Crippen LogP contribution in [0.4, 0.5) is 0 Å². The van der Waals surface area contributed by atoms with Crippen LogP contribution in [0.25, 0.3) is 0 Å². The van der Waals surface area contributed by atoms with E-state index < -0.39 is 5.97 Å². The van der Waals surface area contributed by atoms with E-state index >= 15 is 0 Å². The molecular weight excluding hydrogens is 316 g/mol. The maximum absolute atomic E-state index is 11.0. The number of hydrogen-bond acceptors (Lipinski definition) is 5. The Hall–Kier alpha value is -2.53. The highest BCUT2D eigenvalue weighted by Crippen LogP contribution is 2.12. The molecule has 0 spiro atoms. The second-order valence-corrected chi connectivity index (χ2v) is 5.09. The molecule has 0 radical (unpaired) electrons. The highest BCUT2D eigenvalue weighted by atomic mass is 35.5. The van der Waals surface area contributed by atoms with Crippen LogP contribution in [0.3, 0.4) is 0 Å². The zero-order valence-corrected chi connectivity index (χ0v) is 13.4. The summed E-state index contributed by atoms with van der Waals surface area (Å²) in [4.78, 5) is 11.0. The second-order valence-electron chi connectivity index (χ2n) is 4.66. The van der Waals surface area contributed by atoms with Crippen LogP contribution in [0.2, 0.25) is 5.02 Å². The van der Waals surface area contributed by atoms with E-state index in [9.17, 15) is 4.79 Å². The molecule has 0 unspecified atom stereocenters. The number of halogens is 1. The molecule has 0 saturated carbocycles. The van der Waals surface area contributed by atoms with Crippen LogP contribution in [0, 0.1) is 0 Å². The van der Waals surface area contributed by atoms with Gasteiger partial charge in [0, 0.05) is 5.02 Å². The summed E-state index contributed by atoms with van der Waals surface area (Å²) in [6.45, 7) is 0.484. The molecule has 0 heterocycles. The monoisotopic (exact) mass is 332 g/mol. The average Bonchev–Trinajstić information content (AvgIpc) is 2.58. The molecule has 0 aromatic heterocycles. The van der Waals surface area contributed by atoms with Crippen LogP contribution in [0.1, 0.15) is 11.1 Å². The summed E-state index contributed by atoms with van der Waals surface area (Å²) in [5.41, 5.74) is 4.90. The highest BCUT2D eigenvalue weighted by Gasteiger charge is 2.01. The normalized spacial score (nSPS) is 10.5. The van der Waals surface area contributed by atoms with Gasteiger partial charge in [-0.3, -0.25) is 0 Å². The molecule has 5 nitrogen and oxygen atoms in total. The number of carbonyl (C=O) groups is 1. The molecule has 0 fully saturated rings. The Labute approximate surface area is 139 Å². The number of benzene rings is 2. The fourth-order valence-corrected chi connectivity index (χ4v) is 1.87. The molecule has 2 aromatic carbocycles. The largest absolute Gasteiger partial charge is 0.482 e. The molecule has 2 rings (SSSR count). The van der Waals surface area contributed by atoms with Crippen molar-refractivity contribution in [3.8, 4) is 5.75 Å². The van der Waals surface area contributed by atoms with Crippen molar-refractivity contribution in [2.45, 2.75) is 6.54 Å². The van der Waals surface area contributed by atoms with Gasteiger partial charge in [0.15, 0.2) is 6.61 Å². The van der Waals surface area contributed by atoms with Crippen LogP contribution < -0.4 is 10.2 Å². The molecule has 0 aliphatic rings. The zero-order valence-electron chi connectivity index (χ0n) is 12.7. The Balaban J connectivity index is 1.84. The van der Waals surface area contributed by atoms with E-state index in [1.165, 1.54) is 7.11 Å². The van der Waals surface area contributed by atoms with E-state index in [4.69, 9.17) is 16.3 Å². The van der Waals surface area contributed by atoms with Crippen molar-refractivity contribution in [3.05, 3.63) is 64.7 Å². The number of methoxy groups -OCH3 is 1. The molecule has 0 atom stereocenters. The number of hydrogen-bond donors (Lipinski definition) is 1. The predicted octanol–water partition coefficient (Wildman–Crippen LogP) is 3.02. The fraction of sp³-hybridized carbons (Fsp3) is 0.176. The smallest absolute Gasteiger partial charge is 0.343 e. The molecule has 0 aliphatic heterocycles. The van der Waals surface area contributed by atoms with E-state index in [1.54, 1.807) is 18.3 Å². The highest BCUT2D eigenvalue weighted by molar-refractivity contribution is 6.30. The van der Waals surface area contributed by atoms with E-state index in [0.717, 1.165) is 11.1 Å². The number of esters is 1. The van der Waals surface area contributed by atoms with Crippen molar-refractivity contribution in [2.24, 2.45) is 5.10 Å². The minimum Gasteiger partial charge on any atom is -0.482 e. The first kappa shape index (κ1) is 16.8. The van der Waals surface area contributed by atoms with Crippen molar-refractivity contribution >= 4 is 23.8 Å². The topological polar surface area (TPSA) is 59.9 Å². The SMILES string of the molecule is COC(=O)COc1cccc(/C=N\NCc2ccc(Cl)cc2)c1. The van der Waals surface area contributed by atoms with Crippen molar-refractivity contribution in [1.29, 1.82) is 0 Å². The minimum absolute atomic E-state index is 0.119. The summed E-state index contributed by atoms with van der Waals surface area (Å²) >= 11 is 5.83. The van der Waals surface area contributed by atoms with Gasteiger partial charge in [0.1, 0.15) is 5.75 Å². The maximum atomic E-state index is 11.0. The molecule has 23 heavy (non-hydrogen) atoms. The summed E-state index contributed by atoms with van der Waals surface area (Å²) in [6, 6.07) is 14.8. The number of nitrogens with one attached hydrogen (secondary N) is 1. The molecule has 0 bridgehead atoms. The molecule has 120 valence electrons. The zero-order chi connectivity index (χ0) is 16.5. The lowest BCUT2D eigenvalue weighted by Crippen LogP contribution is -2.12. The van der Waals surface area contributed by atoms with Crippen LogP contribution in [0.15, 0.2) is 53.6 Å². The van der Waals surface area contributed by atoms with Crippen LogP contribution >= 0.6 is 11.6 Å². The molecule has 0 saturated heterocycles. The van der Waals surface area contributed by atoms with Crippen LogP contribution in [0.5, 0.6) is 5.75 Å². The Morgan fingerprint density at radius 2 is 2.04 bits per heavy atom. The van der Waals surface area contributed by atoms with Crippen molar-refractivity contribution in [2.75, 3.05) is 13.7 Å². The predicted molar refractivity (Wildman–Crippen MR) is 89.8 cm³/mol. The van der Waals surface area contributed by atoms with E-state index in [2.05, 4.69) is 15.3 Å². The summed E-state index contributed by atoms with van der Waals surface area (Å²) in [5, 5.41) is 4.87. The summed E-state index contributed by atoms with van der Waals surface area (Å²) in [6.07, 6.45) is 1.68. The van der Waals surface area contributed by atoms with Crippen molar-refractivity contribution in [1.82, 2.24) is 5.43 Å². The van der Waals surface area contributed by atoms with Gasteiger partial charge in [-0.05, 0) is 35.4 Å². The van der Waals surface area contributed by atoms with Gasteiger partial charge in [-0.2, -0.15) is 5.10 Å². The molecule has 2 aromatic rings. The van der Waals surface area contributed by atoms with Gasteiger partial charge >= 0.3 is 5.97 Å². The van der Waals surface area contributed by atoms with Gasteiger partial charge in [0.25, 0.3) is 0 Å². The number of ether oxygens (including phenoxy) is 2. The molecule has 0 amide bonds. The first-order valence-corrected chi connectivity index (χ1v) is 7.35. The second kappa shape index (κ2) is 8.80. The minimum atomic E-state index is -0.422. The molecular formula is C17H17ClN2O3. The van der Waals surface area contributed by atoms with E-state index in [0.29, 0.717) is 17.3 Å². The Bertz CT molecular complexity index is 672. The Kier molecular flexibility index (Phi) is 6.44. The van der Waals surface area contributed by atoms with Gasteiger partial charge in [-0.25, -0.2) is 4.79 Å². The maximum Gasteiger partial charge on any atom is 0.343 e. The van der Waals surface area contributed by atoms with E-state index in [1.807, 2.05) is 36.4 Å². The fourth-order valence-electron chi connectivity index (χ4n) is 1.75. The third-order valence-corrected chi connectivity index (χ3v) is 3.20. The molecule has 1 N–H and O–H groups in total. The summed E-state index contributed by atoms with van der Waals surface area (Å²) in [5.74, 6) is 0.158. The number of nitrogens with zero attached hydrogens (tertiary/aromatic N) is 1. The third kappa shape index (κ3) is 6.00. The lowest BCUT2D eigenvalue weighted by molar-refractivity contribution is -0.142. The number of rotatable bonds is 7.